The molecule has 0 aromatic heterocycles. The monoisotopic (exact) mass is 329 g/mol. The zero-order valence-corrected chi connectivity index (χ0v) is 13.0. The normalized spacial score (nSPS) is 12.4. The van der Waals surface area contributed by atoms with E-state index in [-0.39, 0.29) is 6.04 Å². The van der Waals surface area contributed by atoms with E-state index in [0.29, 0.717) is 28.6 Å². The van der Waals surface area contributed by atoms with E-state index in [2.05, 4.69) is 5.32 Å². The predicted octanol–water partition coefficient (Wildman–Crippen LogP) is 5.16. The number of halogens is 4. The summed E-state index contributed by atoms with van der Waals surface area (Å²) in [5.41, 5.74) is 1.67. The minimum atomic E-state index is -0.844. The Hall–Kier alpha value is -1.16. The van der Waals surface area contributed by atoms with Gasteiger partial charge in [0.2, 0.25) is 0 Å². The number of rotatable bonds is 5. The molecule has 1 N–H and O–H groups in total. The minimum Gasteiger partial charge on any atom is -0.310 e. The van der Waals surface area contributed by atoms with Crippen LogP contribution in [0.15, 0.2) is 36.4 Å². The maximum absolute atomic E-state index is 13.4. The minimum absolute atomic E-state index is 0.123. The summed E-state index contributed by atoms with van der Waals surface area (Å²) in [6.07, 6.45) is 0.607. The topological polar surface area (TPSA) is 12.0 Å². The van der Waals surface area contributed by atoms with Crippen molar-refractivity contribution in [3.63, 3.8) is 0 Å². The molecule has 0 fully saturated rings. The lowest BCUT2D eigenvalue weighted by molar-refractivity contribution is 0.497. The summed E-state index contributed by atoms with van der Waals surface area (Å²) >= 11 is 11.9. The molecule has 5 heteroatoms. The molecule has 0 aliphatic rings. The largest absolute Gasteiger partial charge is 0.310 e. The first kappa shape index (κ1) is 16.2. The Morgan fingerprint density at radius 3 is 2.38 bits per heavy atom. The van der Waals surface area contributed by atoms with Gasteiger partial charge < -0.3 is 5.32 Å². The Bertz CT molecular complexity index is 632. The summed E-state index contributed by atoms with van der Waals surface area (Å²) in [4.78, 5) is 0. The molecule has 21 heavy (non-hydrogen) atoms. The van der Waals surface area contributed by atoms with E-state index >= 15 is 0 Å². The maximum atomic E-state index is 13.4. The van der Waals surface area contributed by atoms with Crippen molar-refractivity contribution in [2.24, 2.45) is 0 Å². The predicted molar refractivity (Wildman–Crippen MR) is 82.9 cm³/mol. The fourth-order valence-corrected chi connectivity index (χ4v) is 2.51. The SMILES string of the molecule is CCNC(Cc1ccc(Cl)c(Cl)c1)c1ccc(F)c(F)c1. The molecule has 0 radical (unpaired) electrons. The molecule has 0 saturated carbocycles. The molecule has 0 bridgehead atoms. The van der Waals surface area contributed by atoms with E-state index in [1.807, 2.05) is 13.0 Å². The highest BCUT2D eigenvalue weighted by Crippen LogP contribution is 2.26. The summed E-state index contributed by atoms with van der Waals surface area (Å²) in [6, 6.07) is 9.22. The van der Waals surface area contributed by atoms with Gasteiger partial charge in [-0.05, 0) is 48.4 Å². The van der Waals surface area contributed by atoms with Gasteiger partial charge >= 0.3 is 0 Å². The van der Waals surface area contributed by atoms with Crippen LogP contribution in [-0.4, -0.2) is 6.54 Å². The third-order valence-electron chi connectivity index (χ3n) is 3.22. The number of benzene rings is 2. The molecular weight excluding hydrogens is 315 g/mol. The van der Waals surface area contributed by atoms with Crippen molar-refractivity contribution in [3.8, 4) is 0 Å². The summed E-state index contributed by atoms with van der Waals surface area (Å²) < 4.78 is 26.4. The van der Waals surface area contributed by atoms with Crippen molar-refractivity contribution in [2.45, 2.75) is 19.4 Å². The number of nitrogens with one attached hydrogen (secondary N) is 1. The van der Waals surface area contributed by atoms with Gasteiger partial charge in [0.25, 0.3) is 0 Å². The van der Waals surface area contributed by atoms with Crippen LogP contribution in [0, 0.1) is 11.6 Å². The highest BCUT2D eigenvalue weighted by molar-refractivity contribution is 6.42. The molecule has 0 amide bonds. The van der Waals surface area contributed by atoms with Crippen molar-refractivity contribution < 1.29 is 8.78 Å². The van der Waals surface area contributed by atoms with Crippen molar-refractivity contribution in [1.29, 1.82) is 0 Å². The van der Waals surface area contributed by atoms with Crippen molar-refractivity contribution in [2.75, 3.05) is 6.54 Å². The van der Waals surface area contributed by atoms with Gasteiger partial charge in [0.05, 0.1) is 10.0 Å². The van der Waals surface area contributed by atoms with E-state index in [1.165, 1.54) is 6.07 Å². The molecule has 1 atom stereocenters. The van der Waals surface area contributed by atoms with Crippen LogP contribution in [0.25, 0.3) is 0 Å². The van der Waals surface area contributed by atoms with Gasteiger partial charge in [0, 0.05) is 6.04 Å². The lowest BCUT2D eigenvalue weighted by atomic mass is 9.98. The number of hydrogen-bond acceptors (Lipinski definition) is 1. The first-order valence-corrected chi connectivity index (χ1v) is 7.39. The third-order valence-corrected chi connectivity index (χ3v) is 3.96. The van der Waals surface area contributed by atoms with Crippen LogP contribution in [0.4, 0.5) is 8.78 Å². The molecule has 1 unspecified atom stereocenters. The van der Waals surface area contributed by atoms with Crippen LogP contribution >= 0.6 is 23.2 Å². The molecule has 2 rings (SSSR count). The zero-order chi connectivity index (χ0) is 15.4. The highest BCUT2D eigenvalue weighted by Gasteiger charge is 2.14. The summed E-state index contributed by atoms with van der Waals surface area (Å²) in [5.74, 6) is -1.69. The fraction of sp³-hybridized carbons (Fsp3) is 0.250. The average molecular weight is 330 g/mol. The lowest BCUT2D eigenvalue weighted by Crippen LogP contribution is -2.23. The van der Waals surface area contributed by atoms with Crippen LogP contribution in [0.3, 0.4) is 0 Å². The Morgan fingerprint density at radius 1 is 1.00 bits per heavy atom. The Labute approximate surface area is 132 Å². The quantitative estimate of drug-likeness (QED) is 0.798. The molecule has 0 aliphatic heterocycles. The van der Waals surface area contributed by atoms with Crippen LogP contribution in [0.5, 0.6) is 0 Å². The Balaban J connectivity index is 2.25. The molecule has 1 nitrogen and oxygen atoms in total. The van der Waals surface area contributed by atoms with Crippen molar-refractivity contribution >= 4 is 23.2 Å². The molecule has 0 heterocycles. The molecule has 2 aromatic rings. The molecule has 2 aromatic carbocycles. The lowest BCUT2D eigenvalue weighted by Gasteiger charge is -2.19. The molecule has 112 valence electrons. The molecule has 0 saturated heterocycles. The second-order valence-corrected chi connectivity index (χ2v) is 5.55. The second kappa shape index (κ2) is 7.21. The van der Waals surface area contributed by atoms with Crippen LogP contribution in [0.1, 0.15) is 24.1 Å². The van der Waals surface area contributed by atoms with Gasteiger partial charge in [0.15, 0.2) is 11.6 Å². The maximum Gasteiger partial charge on any atom is 0.159 e. The standard InChI is InChI=1S/C16H15Cl2F2N/c1-2-21-16(11-4-6-14(19)15(20)9-11)8-10-3-5-12(17)13(18)7-10/h3-7,9,16,21H,2,8H2,1H3. The van der Waals surface area contributed by atoms with E-state index < -0.39 is 11.6 Å². The van der Waals surface area contributed by atoms with Crippen molar-refractivity contribution in [1.82, 2.24) is 5.32 Å². The van der Waals surface area contributed by atoms with Gasteiger partial charge in [0.1, 0.15) is 0 Å². The molecule has 0 spiro atoms. The second-order valence-electron chi connectivity index (χ2n) is 4.74. The van der Waals surface area contributed by atoms with Crippen LogP contribution < -0.4 is 5.32 Å². The van der Waals surface area contributed by atoms with E-state index in [0.717, 1.165) is 11.6 Å². The zero-order valence-electron chi connectivity index (χ0n) is 11.5. The van der Waals surface area contributed by atoms with Gasteiger partial charge in [-0.1, -0.05) is 42.3 Å². The van der Waals surface area contributed by atoms with Gasteiger partial charge in [-0.25, -0.2) is 8.78 Å². The average Bonchev–Trinajstić information content (AvgIpc) is 2.45. The number of likely N-dealkylation sites (N-methyl/N-ethyl adjacent to an activating group) is 1. The van der Waals surface area contributed by atoms with E-state index in [4.69, 9.17) is 23.2 Å². The molecule has 0 aliphatic carbocycles. The fourth-order valence-electron chi connectivity index (χ4n) is 2.19. The van der Waals surface area contributed by atoms with Gasteiger partial charge in [-0.2, -0.15) is 0 Å². The Morgan fingerprint density at radius 2 is 1.76 bits per heavy atom. The summed E-state index contributed by atoms with van der Waals surface area (Å²) in [5, 5.41) is 4.24. The van der Waals surface area contributed by atoms with E-state index in [1.54, 1.807) is 18.2 Å². The van der Waals surface area contributed by atoms with Gasteiger partial charge in [-0.15, -0.1) is 0 Å². The van der Waals surface area contributed by atoms with Gasteiger partial charge in [-0.3, -0.25) is 0 Å². The smallest absolute Gasteiger partial charge is 0.159 e. The van der Waals surface area contributed by atoms with Crippen LogP contribution in [-0.2, 0) is 6.42 Å². The molecular formula is C16H15Cl2F2N. The first-order chi connectivity index (χ1) is 10.0. The highest BCUT2D eigenvalue weighted by atomic mass is 35.5. The summed E-state index contributed by atoms with van der Waals surface area (Å²) in [6.45, 7) is 2.67. The van der Waals surface area contributed by atoms with E-state index in [9.17, 15) is 8.78 Å². The third kappa shape index (κ3) is 4.16. The Kier molecular flexibility index (Phi) is 5.57. The van der Waals surface area contributed by atoms with Crippen molar-refractivity contribution in [3.05, 3.63) is 69.2 Å². The first-order valence-electron chi connectivity index (χ1n) is 6.63. The van der Waals surface area contributed by atoms with Crippen LogP contribution in [0.2, 0.25) is 10.0 Å². The summed E-state index contributed by atoms with van der Waals surface area (Å²) in [7, 11) is 0. The number of hydrogen-bond donors (Lipinski definition) is 1.